The Morgan fingerprint density at radius 1 is 1.44 bits per heavy atom. The molecule has 0 aromatic carbocycles. The van der Waals surface area contributed by atoms with E-state index in [2.05, 4.69) is 4.74 Å². The van der Waals surface area contributed by atoms with E-state index in [9.17, 15) is 9.59 Å². The fraction of sp³-hybridized carbons (Fsp3) is 0.600. The van der Waals surface area contributed by atoms with Crippen molar-refractivity contribution in [1.29, 1.82) is 0 Å². The predicted octanol–water partition coefficient (Wildman–Crippen LogP) is -0.536. The number of hydrogen-bond acceptors (Lipinski definition) is 7. The minimum atomic E-state index is -1.42. The van der Waals surface area contributed by atoms with Crippen LogP contribution in [0.15, 0.2) is 11.5 Å². The summed E-state index contributed by atoms with van der Waals surface area (Å²) in [6.07, 6.45) is -1.75. The summed E-state index contributed by atoms with van der Waals surface area (Å²) in [4.78, 5) is 20.1. The third-order valence-corrected chi connectivity index (χ3v) is 1.94. The highest BCUT2D eigenvalue weighted by Crippen LogP contribution is 2.20. The lowest BCUT2D eigenvalue weighted by molar-refractivity contribution is -0.147. The normalized spacial score (nSPS) is 19.9. The second-order valence-electron chi connectivity index (χ2n) is 3.45. The van der Waals surface area contributed by atoms with E-state index in [1.165, 1.54) is 0 Å². The number of carboxylic acids is 1. The number of aliphatic hydroxyl groups is 4. The van der Waals surface area contributed by atoms with Gasteiger partial charge in [0, 0.05) is 6.42 Å². The number of carbonyl (C=O) groups excluding carboxylic acids is 1. The number of carbonyl (C=O) groups is 2. The lowest BCUT2D eigenvalue weighted by Gasteiger charge is -2.13. The predicted molar refractivity (Wildman–Crippen MR) is 57.8 cm³/mol. The zero-order chi connectivity index (χ0) is 14.3. The first kappa shape index (κ1) is 16.2. The van der Waals surface area contributed by atoms with Crippen LogP contribution in [-0.4, -0.2) is 56.3 Å². The van der Waals surface area contributed by atoms with E-state index < -0.39 is 42.3 Å². The van der Waals surface area contributed by atoms with Crippen LogP contribution in [0.1, 0.15) is 19.8 Å². The van der Waals surface area contributed by atoms with Gasteiger partial charge in [-0.15, -0.1) is 0 Å². The van der Waals surface area contributed by atoms with Crippen molar-refractivity contribution in [2.24, 2.45) is 0 Å². The molecule has 8 heteroatoms. The molecule has 0 unspecified atom stereocenters. The Hall–Kier alpha value is -1.80. The molecular weight excluding hydrogens is 248 g/mol. The molecule has 1 rings (SSSR count). The third-order valence-electron chi connectivity index (χ3n) is 1.94. The summed E-state index contributed by atoms with van der Waals surface area (Å²) in [6.45, 7) is 1.17. The molecule has 1 aliphatic rings. The molecule has 0 aliphatic carbocycles. The van der Waals surface area contributed by atoms with Gasteiger partial charge in [-0.2, -0.15) is 0 Å². The van der Waals surface area contributed by atoms with E-state index in [-0.39, 0.29) is 0 Å². The molecule has 0 fully saturated rings. The Morgan fingerprint density at radius 3 is 2.22 bits per heavy atom. The minimum absolute atomic E-state index is 0.292. The molecule has 0 bridgehead atoms. The maximum Gasteiger partial charge on any atom is 0.377 e. The highest BCUT2D eigenvalue weighted by molar-refractivity contribution is 5.89. The number of ether oxygens (including phenoxy) is 1. The van der Waals surface area contributed by atoms with Gasteiger partial charge >= 0.3 is 11.9 Å². The second kappa shape index (κ2) is 7.51. The van der Waals surface area contributed by atoms with Crippen molar-refractivity contribution in [3.8, 4) is 0 Å². The van der Waals surface area contributed by atoms with Crippen molar-refractivity contribution < 1.29 is 39.9 Å². The maximum atomic E-state index is 10.5. The minimum Gasteiger partial charge on any atom is -0.505 e. The molecule has 0 aromatic heterocycles. The van der Waals surface area contributed by atoms with Gasteiger partial charge in [0.1, 0.15) is 6.10 Å². The molecule has 104 valence electrons. The Labute approximate surface area is 103 Å². The molecule has 0 saturated carbocycles. The van der Waals surface area contributed by atoms with Gasteiger partial charge in [0.05, 0.1) is 6.61 Å². The number of esters is 1. The summed E-state index contributed by atoms with van der Waals surface area (Å²) in [6, 6.07) is 0. The van der Waals surface area contributed by atoms with Gasteiger partial charge in [0.15, 0.2) is 11.9 Å². The molecule has 0 aromatic rings. The summed E-state index contributed by atoms with van der Waals surface area (Å²) >= 11 is 0. The summed E-state index contributed by atoms with van der Waals surface area (Å²) in [5.74, 6) is -3.49. The Kier molecular flexibility index (Phi) is 6.76. The van der Waals surface area contributed by atoms with Crippen molar-refractivity contribution in [1.82, 2.24) is 0 Å². The first-order chi connectivity index (χ1) is 8.34. The molecule has 2 atom stereocenters. The molecule has 0 saturated heterocycles. The molecule has 1 aliphatic heterocycles. The quantitative estimate of drug-likeness (QED) is 0.426. The molecule has 0 amide bonds. The number of rotatable bonds is 4. The standard InChI is InChI=1S/C6H8O6.C4H8O2/c7-1-2(8)5-3(9)4(10)6(11)12-5;1-2-3-4(5)6/h2,5,7-10H,1H2;2-3H2,1H3,(H,5,6)/t2-,5+;/m0./s1. The van der Waals surface area contributed by atoms with Crippen molar-refractivity contribution in [2.45, 2.75) is 32.0 Å². The SMILES string of the molecule is CCCC(=O)O.O=C1O[C@H]([C@@H](O)CO)C(O)=C1O. The summed E-state index contributed by atoms with van der Waals surface area (Å²) in [5.41, 5.74) is 0. The van der Waals surface area contributed by atoms with Gasteiger partial charge in [0.2, 0.25) is 5.76 Å². The molecular formula is C10H16O8. The van der Waals surface area contributed by atoms with E-state index in [0.717, 1.165) is 6.42 Å². The van der Waals surface area contributed by atoms with Gasteiger partial charge in [0.25, 0.3) is 0 Å². The molecule has 18 heavy (non-hydrogen) atoms. The summed E-state index contributed by atoms with van der Waals surface area (Å²) in [5, 5.41) is 43.0. The van der Waals surface area contributed by atoms with Crippen LogP contribution in [0.3, 0.4) is 0 Å². The smallest absolute Gasteiger partial charge is 0.377 e. The van der Waals surface area contributed by atoms with E-state index >= 15 is 0 Å². The van der Waals surface area contributed by atoms with Crippen LogP contribution in [0.2, 0.25) is 0 Å². The molecule has 0 radical (unpaired) electrons. The van der Waals surface area contributed by atoms with Crippen LogP contribution in [-0.2, 0) is 14.3 Å². The van der Waals surface area contributed by atoms with Crippen LogP contribution < -0.4 is 0 Å². The van der Waals surface area contributed by atoms with Gasteiger partial charge in [-0.1, -0.05) is 6.92 Å². The average molecular weight is 264 g/mol. The third kappa shape index (κ3) is 4.60. The molecule has 5 N–H and O–H groups in total. The zero-order valence-electron chi connectivity index (χ0n) is 9.74. The lowest BCUT2D eigenvalue weighted by Crippen LogP contribution is -2.31. The van der Waals surface area contributed by atoms with Gasteiger partial charge in [-0.3, -0.25) is 4.79 Å². The molecule has 1 heterocycles. The monoisotopic (exact) mass is 264 g/mol. The summed E-state index contributed by atoms with van der Waals surface area (Å²) in [7, 11) is 0. The largest absolute Gasteiger partial charge is 0.505 e. The van der Waals surface area contributed by atoms with Gasteiger partial charge in [-0.05, 0) is 6.42 Å². The lowest BCUT2D eigenvalue weighted by atomic mass is 10.2. The van der Waals surface area contributed by atoms with Crippen LogP contribution >= 0.6 is 0 Å². The van der Waals surface area contributed by atoms with Crippen LogP contribution in [0, 0.1) is 0 Å². The van der Waals surface area contributed by atoms with Crippen molar-refractivity contribution >= 4 is 11.9 Å². The van der Waals surface area contributed by atoms with Gasteiger partial charge < -0.3 is 30.3 Å². The van der Waals surface area contributed by atoms with Crippen LogP contribution in [0.4, 0.5) is 0 Å². The fourth-order valence-corrected chi connectivity index (χ4v) is 1.04. The first-order valence-electron chi connectivity index (χ1n) is 5.18. The average Bonchev–Trinajstić information content (AvgIpc) is 2.57. The van der Waals surface area contributed by atoms with E-state index in [0.29, 0.717) is 6.42 Å². The summed E-state index contributed by atoms with van der Waals surface area (Å²) < 4.78 is 4.32. The highest BCUT2D eigenvalue weighted by Gasteiger charge is 2.38. The highest BCUT2D eigenvalue weighted by atomic mass is 16.6. The maximum absolute atomic E-state index is 10.5. The molecule has 8 nitrogen and oxygen atoms in total. The van der Waals surface area contributed by atoms with Crippen molar-refractivity contribution in [3.05, 3.63) is 11.5 Å². The van der Waals surface area contributed by atoms with Crippen molar-refractivity contribution in [2.75, 3.05) is 6.61 Å². The number of hydrogen-bond donors (Lipinski definition) is 5. The zero-order valence-corrected chi connectivity index (χ0v) is 9.74. The van der Waals surface area contributed by atoms with Crippen LogP contribution in [0.5, 0.6) is 0 Å². The number of aliphatic carboxylic acids is 1. The van der Waals surface area contributed by atoms with Crippen LogP contribution in [0.25, 0.3) is 0 Å². The fourth-order valence-electron chi connectivity index (χ4n) is 1.04. The van der Waals surface area contributed by atoms with Gasteiger partial charge in [-0.25, -0.2) is 4.79 Å². The van der Waals surface area contributed by atoms with Crippen molar-refractivity contribution in [3.63, 3.8) is 0 Å². The van der Waals surface area contributed by atoms with E-state index in [1.54, 1.807) is 0 Å². The van der Waals surface area contributed by atoms with E-state index in [4.69, 9.17) is 25.5 Å². The number of carboxylic acid groups (broad SMARTS) is 1. The first-order valence-corrected chi connectivity index (χ1v) is 5.18. The Balaban J connectivity index is 0.000000411. The Morgan fingerprint density at radius 2 is 2.00 bits per heavy atom. The molecule has 0 spiro atoms. The Bertz CT molecular complexity index is 335. The topological polar surface area (TPSA) is 145 Å². The number of aliphatic hydroxyl groups excluding tert-OH is 4. The number of cyclic esters (lactones) is 1. The van der Waals surface area contributed by atoms with E-state index in [1.807, 2.05) is 6.92 Å². The second-order valence-corrected chi connectivity index (χ2v) is 3.45.